The first-order valence-electron chi connectivity index (χ1n) is 4.97. The van der Waals surface area contributed by atoms with Crippen molar-refractivity contribution in [1.82, 2.24) is 0 Å². The number of ether oxygens (including phenoxy) is 2. The Bertz CT molecular complexity index is 408. The van der Waals surface area contributed by atoms with Gasteiger partial charge in [-0.05, 0) is 12.1 Å². The molecule has 0 bridgehead atoms. The van der Waals surface area contributed by atoms with Gasteiger partial charge in [0.25, 0.3) is 0 Å². The van der Waals surface area contributed by atoms with Gasteiger partial charge < -0.3 is 14.8 Å². The lowest BCUT2D eigenvalue weighted by molar-refractivity contribution is -0.141. The number of esters is 1. The minimum absolute atomic E-state index is 0.0955. The molecule has 0 amide bonds. The number of benzene rings is 1. The van der Waals surface area contributed by atoms with E-state index in [1.807, 2.05) is 0 Å². The summed E-state index contributed by atoms with van der Waals surface area (Å²) in [4.78, 5) is 10.6. The maximum atomic E-state index is 12.9. The van der Waals surface area contributed by atoms with Gasteiger partial charge in [-0.25, -0.2) is 4.39 Å². The standard InChI is InChI=1S/C11H12FNO3/c1-7(14)15-5-9-6-16-11-4-8(12)2-3-10(11)13-9/h2-4,9,13H,5-6H2,1H3. The summed E-state index contributed by atoms with van der Waals surface area (Å²) in [5.74, 6) is -0.176. The number of anilines is 1. The SMILES string of the molecule is CC(=O)OCC1COc2cc(F)ccc2N1. The van der Waals surface area contributed by atoms with E-state index in [-0.39, 0.29) is 24.4 Å². The van der Waals surface area contributed by atoms with Gasteiger partial charge in [-0.3, -0.25) is 4.79 Å². The molecular formula is C11H12FNO3. The third-order valence-electron chi connectivity index (χ3n) is 2.23. The molecule has 1 aliphatic heterocycles. The topological polar surface area (TPSA) is 47.6 Å². The van der Waals surface area contributed by atoms with Crippen LogP contribution in [0, 0.1) is 5.82 Å². The molecule has 1 N–H and O–H groups in total. The van der Waals surface area contributed by atoms with Crippen LogP contribution in [0.2, 0.25) is 0 Å². The van der Waals surface area contributed by atoms with Gasteiger partial charge in [0.15, 0.2) is 0 Å². The van der Waals surface area contributed by atoms with Crippen molar-refractivity contribution in [2.24, 2.45) is 0 Å². The van der Waals surface area contributed by atoms with Gasteiger partial charge in [-0.2, -0.15) is 0 Å². The number of rotatable bonds is 2. The monoisotopic (exact) mass is 225 g/mol. The van der Waals surface area contributed by atoms with E-state index in [4.69, 9.17) is 9.47 Å². The fourth-order valence-electron chi connectivity index (χ4n) is 1.49. The fraction of sp³-hybridized carbons (Fsp3) is 0.364. The van der Waals surface area contributed by atoms with Crippen molar-refractivity contribution in [1.29, 1.82) is 0 Å². The van der Waals surface area contributed by atoms with Crippen LogP contribution in [-0.4, -0.2) is 25.2 Å². The highest BCUT2D eigenvalue weighted by atomic mass is 19.1. The zero-order valence-corrected chi connectivity index (χ0v) is 8.83. The zero-order chi connectivity index (χ0) is 11.5. The minimum Gasteiger partial charge on any atom is -0.489 e. The lowest BCUT2D eigenvalue weighted by Crippen LogP contribution is -2.36. The summed E-state index contributed by atoms with van der Waals surface area (Å²) in [5.41, 5.74) is 0.713. The molecule has 0 aromatic heterocycles. The molecular weight excluding hydrogens is 213 g/mol. The Morgan fingerprint density at radius 1 is 1.69 bits per heavy atom. The van der Waals surface area contributed by atoms with Crippen LogP contribution in [0.4, 0.5) is 10.1 Å². The van der Waals surface area contributed by atoms with Gasteiger partial charge in [0, 0.05) is 13.0 Å². The van der Waals surface area contributed by atoms with Crippen molar-refractivity contribution in [2.45, 2.75) is 13.0 Å². The lowest BCUT2D eigenvalue weighted by Gasteiger charge is -2.26. The van der Waals surface area contributed by atoms with E-state index >= 15 is 0 Å². The number of hydrogen-bond acceptors (Lipinski definition) is 4. The normalized spacial score (nSPS) is 18.0. The number of fused-ring (bicyclic) bond motifs is 1. The van der Waals surface area contributed by atoms with Crippen LogP contribution in [0.25, 0.3) is 0 Å². The molecule has 16 heavy (non-hydrogen) atoms. The maximum Gasteiger partial charge on any atom is 0.302 e. The van der Waals surface area contributed by atoms with E-state index in [1.54, 1.807) is 6.07 Å². The van der Waals surface area contributed by atoms with E-state index in [2.05, 4.69) is 5.32 Å². The van der Waals surface area contributed by atoms with Crippen molar-refractivity contribution in [3.8, 4) is 5.75 Å². The van der Waals surface area contributed by atoms with E-state index in [0.717, 1.165) is 0 Å². The van der Waals surface area contributed by atoms with Crippen molar-refractivity contribution < 1.29 is 18.7 Å². The average Bonchev–Trinajstić information content (AvgIpc) is 2.26. The Morgan fingerprint density at radius 2 is 2.50 bits per heavy atom. The molecule has 1 heterocycles. The van der Waals surface area contributed by atoms with Crippen LogP contribution in [0.3, 0.4) is 0 Å². The third-order valence-corrected chi connectivity index (χ3v) is 2.23. The largest absolute Gasteiger partial charge is 0.489 e. The van der Waals surface area contributed by atoms with Gasteiger partial charge in [0.1, 0.15) is 24.8 Å². The Hall–Kier alpha value is -1.78. The Labute approximate surface area is 92.4 Å². The number of halogens is 1. The van der Waals surface area contributed by atoms with E-state index in [1.165, 1.54) is 19.1 Å². The van der Waals surface area contributed by atoms with Crippen molar-refractivity contribution in [3.05, 3.63) is 24.0 Å². The third kappa shape index (κ3) is 2.42. The lowest BCUT2D eigenvalue weighted by atomic mass is 10.2. The van der Waals surface area contributed by atoms with E-state index in [0.29, 0.717) is 18.0 Å². The van der Waals surface area contributed by atoms with Gasteiger partial charge in [0.2, 0.25) is 0 Å². The van der Waals surface area contributed by atoms with Crippen LogP contribution in [0.1, 0.15) is 6.92 Å². The summed E-state index contributed by atoms with van der Waals surface area (Å²) in [6, 6.07) is 4.18. The fourth-order valence-corrected chi connectivity index (χ4v) is 1.49. The molecule has 86 valence electrons. The highest BCUT2D eigenvalue weighted by Gasteiger charge is 2.19. The predicted molar refractivity (Wildman–Crippen MR) is 55.9 cm³/mol. The van der Waals surface area contributed by atoms with Crippen molar-refractivity contribution in [3.63, 3.8) is 0 Å². The zero-order valence-electron chi connectivity index (χ0n) is 8.83. The first-order chi connectivity index (χ1) is 7.65. The Kier molecular flexibility index (Phi) is 2.94. The van der Waals surface area contributed by atoms with E-state index < -0.39 is 0 Å². The predicted octanol–water partition coefficient (Wildman–Crippen LogP) is 1.56. The average molecular weight is 225 g/mol. The second-order valence-corrected chi connectivity index (χ2v) is 3.60. The summed E-state index contributed by atoms with van der Waals surface area (Å²) < 4.78 is 23.1. The van der Waals surface area contributed by atoms with Gasteiger partial charge in [0.05, 0.1) is 11.7 Å². The van der Waals surface area contributed by atoms with Crippen molar-refractivity contribution in [2.75, 3.05) is 18.5 Å². The summed E-state index contributed by atoms with van der Waals surface area (Å²) in [5, 5.41) is 3.11. The molecule has 0 radical (unpaired) electrons. The summed E-state index contributed by atoms with van der Waals surface area (Å²) in [6.45, 7) is 1.95. The quantitative estimate of drug-likeness (QED) is 0.776. The second-order valence-electron chi connectivity index (χ2n) is 3.60. The highest BCUT2D eigenvalue weighted by molar-refractivity contribution is 5.66. The second kappa shape index (κ2) is 4.38. The molecule has 2 rings (SSSR count). The Balaban J connectivity index is 2.01. The van der Waals surface area contributed by atoms with Crippen LogP contribution in [-0.2, 0) is 9.53 Å². The molecule has 1 unspecified atom stereocenters. The van der Waals surface area contributed by atoms with Gasteiger partial charge in [-0.15, -0.1) is 0 Å². The molecule has 0 saturated heterocycles. The first-order valence-corrected chi connectivity index (χ1v) is 4.97. The molecule has 1 aromatic rings. The molecule has 1 aliphatic rings. The molecule has 0 fully saturated rings. The molecule has 4 nitrogen and oxygen atoms in total. The van der Waals surface area contributed by atoms with Crippen molar-refractivity contribution >= 4 is 11.7 Å². The summed E-state index contributed by atoms with van der Waals surface area (Å²) in [6.07, 6.45) is 0. The number of carbonyl (C=O) groups is 1. The van der Waals surface area contributed by atoms with Crippen LogP contribution in [0.15, 0.2) is 18.2 Å². The molecule has 0 aliphatic carbocycles. The summed E-state index contributed by atoms with van der Waals surface area (Å²) >= 11 is 0. The van der Waals surface area contributed by atoms with Crippen LogP contribution < -0.4 is 10.1 Å². The molecule has 0 spiro atoms. The minimum atomic E-state index is -0.334. The van der Waals surface area contributed by atoms with Gasteiger partial charge >= 0.3 is 5.97 Å². The Morgan fingerprint density at radius 3 is 3.25 bits per heavy atom. The van der Waals surface area contributed by atoms with E-state index in [9.17, 15) is 9.18 Å². The molecule has 1 aromatic carbocycles. The highest BCUT2D eigenvalue weighted by Crippen LogP contribution is 2.29. The molecule has 1 atom stereocenters. The van der Waals surface area contributed by atoms with Crippen LogP contribution >= 0.6 is 0 Å². The number of nitrogens with one attached hydrogen (secondary N) is 1. The number of carbonyl (C=O) groups excluding carboxylic acids is 1. The summed E-state index contributed by atoms with van der Waals surface area (Å²) in [7, 11) is 0. The first kappa shape index (κ1) is 10.7. The maximum absolute atomic E-state index is 12.9. The van der Waals surface area contributed by atoms with Crippen LogP contribution in [0.5, 0.6) is 5.75 Å². The smallest absolute Gasteiger partial charge is 0.302 e. The molecule has 0 saturated carbocycles. The molecule has 5 heteroatoms. The number of hydrogen-bond donors (Lipinski definition) is 1. The van der Waals surface area contributed by atoms with Gasteiger partial charge in [-0.1, -0.05) is 0 Å².